The first kappa shape index (κ1) is 14.5. The molecule has 1 aliphatic heterocycles. The van der Waals surface area contributed by atoms with Crippen LogP contribution in [0.4, 0.5) is 0 Å². The van der Waals surface area contributed by atoms with E-state index in [1.807, 2.05) is 17.9 Å². The topological polar surface area (TPSA) is 47.1 Å². The first-order valence-corrected chi connectivity index (χ1v) is 7.54. The maximum atomic E-state index is 6.01. The van der Waals surface area contributed by atoms with E-state index in [1.54, 1.807) is 0 Å². The molecule has 2 unspecified atom stereocenters. The highest BCUT2D eigenvalue weighted by atomic mass is 15.3. The SMILES string of the molecule is CC(C)C1CCCN(C(CN)c2cnn(C)c2)CC1. The molecule has 2 heterocycles. The van der Waals surface area contributed by atoms with Gasteiger partial charge in [0.1, 0.15) is 0 Å². The fourth-order valence-electron chi connectivity index (χ4n) is 3.23. The van der Waals surface area contributed by atoms with E-state index in [1.165, 1.54) is 37.9 Å². The minimum Gasteiger partial charge on any atom is -0.329 e. The lowest BCUT2D eigenvalue weighted by molar-refractivity contribution is 0.204. The molecular weight excluding hydrogens is 236 g/mol. The van der Waals surface area contributed by atoms with Gasteiger partial charge in [-0.25, -0.2) is 0 Å². The maximum absolute atomic E-state index is 6.01. The Morgan fingerprint density at radius 1 is 1.37 bits per heavy atom. The molecule has 1 saturated heterocycles. The predicted octanol–water partition coefficient (Wildman–Crippen LogP) is 2.18. The van der Waals surface area contributed by atoms with E-state index in [2.05, 4.69) is 30.0 Å². The summed E-state index contributed by atoms with van der Waals surface area (Å²) >= 11 is 0. The number of hydrogen-bond donors (Lipinski definition) is 1. The summed E-state index contributed by atoms with van der Waals surface area (Å²) in [5.41, 5.74) is 7.27. The van der Waals surface area contributed by atoms with Gasteiger partial charge in [0.2, 0.25) is 0 Å². The molecule has 2 atom stereocenters. The Morgan fingerprint density at radius 3 is 2.74 bits per heavy atom. The van der Waals surface area contributed by atoms with Crippen molar-refractivity contribution < 1.29 is 0 Å². The van der Waals surface area contributed by atoms with E-state index < -0.39 is 0 Å². The zero-order chi connectivity index (χ0) is 13.8. The Morgan fingerprint density at radius 2 is 2.16 bits per heavy atom. The molecule has 108 valence electrons. The lowest BCUT2D eigenvalue weighted by Gasteiger charge is -2.29. The number of rotatable bonds is 4. The summed E-state index contributed by atoms with van der Waals surface area (Å²) in [6.07, 6.45) is 8.01. The maximum Gasteiger partial charge on any atom is 0.0538 e. The number of hydrogen-bond acceptors (Lipinski definition) is 3. The van der Waals surface area contributed by atoms with Crippen molar-refractivity contribution in [3.8, 4) is 0 Å². The highest BCUT2D eigenvalue weighted by Gasteiger charge is 2.25. The van der Waals surface area contributed by atoms with Crippen molar-refractivity contribution in [1.29, 1.82) is 0 Å². The minimum absolute atomic E-state index is 0.333. The quantitative estimate of drug-likeness (QED) is 0.906. The van der Waals surface area contributed by atoms with Gasteiger partial charge in [0.05, 0.1) is 12.2 Å². The molecule has 0 bridgehead atoms. The van der Waals surface area contributed by atoms with Gasteiger partial charge in [0.15, 0.2) is 0 Å². The van der Waals surface area contributed by atoms with Crippen LogP contribution in [-0.4, -0.2) is 34.3 Å². The zero-order valence-corrected chi connectivity index (χ0v) is 12.5. The number of likely N-dealkylation sites (tertiary alicyclic amines) is 1. The van der Waals surface area contributed by atoms with Crippen LogP contribution >= 0.6 is 0 Å². The number of nitrogens with zero attached hydrogens (tertiary/aromatic N) is 3. The molecule has 0 amide bonds. The largest absolute Gasteiger partial charge is 0.329 e. The molecule has 0 radical (unpaired) electrons. The van der Waals surface area contributed by atoms with Crippen LogP contribution < -0.4 is 5.73 Å². The lowest BCUT2D eigenvalue weighted by Crippen LogP contribution is -2.34. The molecule has 0 aliphatic carbocycles. The summed E-state index contributed by atoms with van der Waals surface area (Å²) in [7, 11) is 1.97. The van der Waals surface area contributed by atoms with Gasteiger partial charge in [0, 0.05) is 25.4 Å². The molecule has 4 nitrogen and oxygen atoms in total. The second kappa shape index (κ2) is 6.53. The molecule has 0 spiro atoms. The fourth-order valence-corrected chi connectivity index (χ4v) is 3.23. The molecule has 1 aromatic rings. The van der Waals surface area contributed by atoms with Crippen molar-refractivity contribution in [3.63, 3.8) is 0 Å². The Balaban J connectivity index is 2.03. The van der Waals surface area contributed by atoms with Crippen LogP contribution in [0.15, 0.2) is 12.4 Å². The lowest BCUT2D eigenvalue weighted by atomic mass is 9.89. The summed E-state index contributed by atoms with van der Waals surface area (Å²) in [5.74, 6) is 1.67. The van der Waals surface area contributed by atoms with E-state index >= 15 is 0 Å². The molecule has 2 N–H and O–H groups in total. The van der Waals surface area contributed by atoms with Crippen LogP contribution in [0.3, 0.4) is 0 Å². The number of aryl methyl sites for hydroxylation is 1. The van der Waals surface area contributed by atoms with Crippen molar-refractivity contribution in [2.75, 3.05) is 19.6 Å². The predicted molar refractivity (Wildman–Crippen MR) is 78.8 cm³/mol. The van der Waals surface area contributed by atoms with Gasteiger partial charge in [-0.05, 0) is 44.2 Å². The van der Waals surface area contributed by atoms with Gasteiger partial charge < -0.3 is 5.73 Å². The fraction of sp³-hybridized carbons (Fsp3) is 0.800. The van der Waals surface area contributed by atoms with Crippen molar-refractivity contribution in [2.24, 2.45) is 24.6 Å². The molecule has 1 fully saturated rings. The summed E-state index contributed by atoms with van der Waals surface area (Å²) in [6, 6.07) is 0.333. The second-order valence-corrected chi connectivity index (χ2v) is 6.17. The minimum atomic E-state index is 0.333. The summed E-state index contributed by atoms with van der Waals surface area (Å²) in [4.78, 5) is 2.55. The van der Waals surface area contributed by atoms with Crippen molar-refractivity contribution >= 4 is 0 Å². The first-order chi connectivity index (χ1) is 9.11. The van der Waals surface area contributed by atoms with Crippen LogP contribution in [0, 0.1) is 11.8 Å². The zero-order valence-electron chi connectivity index (χ0n) is 12.5. The van der Waals surface area contributed by atoms with Gasteiger partial charge in [-0.1, -0.05) is 13.8 Å². The van der Waals surface area contributed by atoms with E-state index in [9.17, 15) is 0 Å². The molecule has 19 heavy (non-hydrogen) atoms. The number of nitrogens with two attached hydrogens (primary N) is 1. The van der Waals surface area contributed by atoms with Crippen molar-refractivity contribution in [2.45, 2.75) is 39.2 Å². The molecule has 1 aliphatic rings. The molecule has 1 aromatic heterocycles. The van der Waals surface area contributed by atoms with Crippen LogP contribution in [0.25, 0.3) is 0 Å². The summed E-state index contributed by atoms with van der Waals surface area (Å²) < 4.78 is 1.87. The van der Waals surface area contributed by atoms with Gasteiger partial charge in [-0.15, -0.1) is 0 Å². The molecular formula is C15H28N4. The van der Waals surface area contributed by atoms with E-state index in [4.69, 9.17) is 5.73 Å². The summed E-state index contributed by atoms with van der Waals surface area (Å²) in [5, 5.41) is 4.28. The number of aromatic nitrogens is 2. The average molecular weight is 264 g/mol. The average Bonchev–Trinajstić information content (AvgIpc) is 2.65. The third-order valence-electron chi connectivity index (χ3n) is 4.52. The van der Waals surface area contributed by atoms with Crippen LogP contribution in [0.1, 0.15) is 44.7 Å². The third kappa shape index (κ3) is 3.57. The Bertz CT molecular complexity index is 385. The van der Waals surface area contributed by atoms with Crippen LogP contribution in [0.5, 0.6) is 0 Å². The van der Waals surface area contributed by atoms with E-state index in [0.717, 1.165) is 11.8 Å². The normalized spacial score (nSPS) is 23.5. The Labute approximate surface area is 117 Å². The van der Waals surface area contributed by atoms with Crippen LogP contribution in [0.2, 0.25) is 0 Å². The van der Waals surface area contributed by atoms with Gasteiger partial charge >= 0.3 is 0 Å². The first-order valence-electron chi connectivity index (χ1n) is 7.54. The molecule has 0 aromatic carbocycles. The molecule has 2 rings (SSSR count). The van der Waals surface area contributed by atoms with Gasteiger partial charge in [-0.2, -0.15) is 5.10 Å². The molecule has 0 saturated carbocycles. The Kier molecular flexibility index (Phi) is 4.99. The van der Waals surface area contributed by atoms with Crippen LogP contribution in [-0.2, 0) is 7.05 Å². The monoisotopic (exact) mass is 264 g/mol. The molecule has 4 heteroatoms. The van der Waals surface area contributed by atoms with Crippen molar-refractivity contribution in [1.82, 2.24) is 14.7 Å². The summed E-state index contributed by atoms with van der Waals surface area (Å²) in [6.45, 7) is 7.71. The van der Waals surface area contributed by atoms with E-state index in [-0.39, 0.29) is 0 Å². The highest BCUT2D eigenvalue weighted by molar-refractivity contribution is 5.11. The smallest absolute Gasteiger partial charge is 0.0538 e. The third-order valence-corrected chi connectivity index (χ3v) is 4.52. The van der Waals surface area contributed by atoms with Gasteiger partial charge in [-0.3, -0.25) is 9.58 Å². The Hall–Kier alpha value is -0.870. The second-order valence-electron chi connectivity index (χ2n) is 6.17. The van der Waals surface area contributed by atoms with Gasteiger partial charge in [0.25, 0.3) is 0 Å². The van der Waals surface area contributed by atoms with Crippen molar-refractivity contribution in [3.05, 3.63) is 18.0 Å². The van der Waals surface area contributed by atoms with E-state index in [0.29, 0.717) is 12.6 Å². The highest BCUT2D eigenvalue weighted by Crippen LogP contribution is 2.28. The standard InChI is InChI=1S/C15H28N4/c1-12(2)13-5-4-7-19(8-6-13)15(9-16)14-10-17-18(3)11-14/h10-13,15H,4-9,16H2,1-3H3.